The number of carbonyl (C=O) groups is 4. The summed E-state index contributed by atoms with van der Waals surface area (Å²) in [6.45, 7) is 10.6. The topological polar surface area (TPSA) is 117 Å². The molecule has 1 heterocycles. The predicted molar refractivity (Wildman–Crippen MR) is 105 cm³/mol. The first-order valence-corrected chi connectivity index (χ1v) is 9.24. The van der Waals surface area contributed by atoms with E-state index < -0.39 is 41.3 Å². The summed E-state index contributed by atoms with van der Waals surface area (Å²) in [7, 11) is 0. The van der Waals surface area contributed by atoms with Gasteiger partial charge in [-0.25, -0.2) is 0 Å². The quantitative estimate of drug-likeness (QED) is 0.574. The van der Waals surface area contributed by atoms with Gasteiger partial charge in [0.2, 0.25) is 11.8 Å². The largest absolute Gasteiger partial charge is 0.345 e. The fraction of sp³-hybridized carbons (Fsp3) is 0.550. The van der Waals surface area contributed by atoms with Crippen LogP contribution in [0.2, 0.25) is 0 Å². The van der Waals surface area contributed by atoms with Crippen molar-refractivity contribution >= 4 is 24.0 Å². The number of nitrogens with one attached hydrogen (secondary N) is 3. The van der Waals surface area contributed by atoms with Crippen LogP contribution in [-0.2, 0) is 14.4 Å². The molecule has 8 heteroatoms. The summed E-state index contributed by atoms with van der Waals surface area (Å²) < 4.78 is 0. The second-order valence-corrected chi connectivity index (χ2v) is 8.15. The first-order chi connectivity index (χ1) is 13.0. The van der Waals surface area contributed by atoms with Gasteiger partial charge in [0.1, 0.15) is 18.4 Å². The summed E-state index contributed by atoms with van der Waals surface area (Å²) >= 11 is 0. The molecule has 3 atom stereocenters. The zero-order valence-electron chi connectivity index (χ0n) is 17.3. The fourth-order valence-electron chi connectivity index (χ4n) is 2.40. The lowest BCUT2D eigenvalue weighted by atomic mass is 9.85. The predicted octanol–water partition coefficient (Wildman–Crippen LogP) is 1.07. The number of carbonyl (C=O) groups excluding carboxylic acids is 4. The molecule has 0 spiro atoms. The Morgan fingerprint density at radius 2 is 1.54 bits per heavy atom. The van der Waals surface area contributed by atoms with Crippen LogP contribution in [0.1, 0.15) is 51.9 Å². The first-order valence-electron chi connectivity index (χ1n) is 9.24. The number of aromatic nitrogens is 1. The minimum absolute atomic E-state index is 0.0636. The van der Waals surface area contributed by atoms with Crippen molar-refractivity contribution < 1.29 is 19.2 Å². The lowest BCUT2D eigenvalue weighted by Gasteiger charge is -2.31. The maximum Gasteiger partial charge on any atom is 0.252 e. The SMILES string of the molecule is CC(NC(=O)C(NC(=O)c1ccncc1)C(C)(C)C)C(=O)NC(C=O)C(C)C. The lowest BCUT2D eigenvalue weighted by Crippen LogP contribution is -2.58. The zero-order chi connectivity index (χ0) is 21.5. The third-order valence-corrected chi connectivity index (χ3v) is 4.27. The minimum atomic E-state index is -0.865. The minimum Gasteiger partial charge on any atom is -0.345 e. The molecule has 0 fully saturated rings. The third kappa shape index (κ3) is 6.75. The molecule has 0 aliphatic heterocycles. The van der Waals surface area contributed by atoms with Crippen LogP contribution in [0.5, 0.6) is 0 Å². The van der Waals surface area contributed by atoms with Crippen LogP contribution < -0.4 is 16.0 Å². The molecule has 0 aliphatic rings. The van der Waals surface area contributed by atoms with Crippen molar-refractivity contribution in [3.05, 3.63) is 30.1 Å². The average molecular weight is 390 g/mol. The summed E-state index contributed by atoms with van der Waals surface area (Å²) in [5.41, 5.74) is -0.208. The Kier molecular flexibility index (Phi) is 8.28. The summed E-state index contributed by atoms with van der Waals surface area (Å²) in [6.07, 6.45) is 3.65. The Labute approximate surface area is 165 Å². The van der Waals surface area contributed by atoms with Crippen molar-refractivity contribution in [3.63, 3.8) is 0 Å². The molecular formula is C20H30N4O4. The van der Waals surface area contributed by atoms with Crippen molar-refractivity contribution in [2.45, 2.75) is 59.7 Å². The van der Waals surface area contributed by atoms with Crippen molar-refractivity contribution in [1.82, 2.24) is 20.9 Å². The summed E-state index contributed by atoms with van der Waals surface area (Å²) in [4.78, 5) is 52.4. The molecule has 154 valence electrons. The first kappa shape index (κ1) is 23.3. The summed E-state index contributed by atoms with van der Waals surface area (Å²) in [5, 5.41) is 7.94. The van der Waals surface area contributed by atoms with E-state index in [0.717, 1.165) is 0 Å². The highest BCUT2D eigenvalue weighted by molar-refractivity contribution is 5.98. The van der Waals surface area contributed by atoms with E-state index in [1.165, 1.54) is 19.3 Å². The number of amides is 3. The average Bonchev–Trinajstić information content (AvgIpc) is 2.62. The van der Waals surface area contributed by atoms with E-state index in [0.29, 0.717) is 11.8 Å². The van der Waals surface area contributed by atoms with Crippen molar-refractivity contribution in [3.8, 4) is 0 Å². The van der Waals surface area contributed by atoms with E-state index in [1.807, 2.05) is 34.6 Å². The molecule has 0 bridgehead atoms. The second-order valence-electron chi connectivity index (χ2n) is 8.15. The van der Waals surface area contributed by atoms with Gasteiger partial charge in [0.05, 0.1) is 6.04 Å². The Hall–Kier alpha value is -2.77. The number of hydrogen-bond donors (Lipinski definition) is 3. The Balaban J connectivity index is 2.83. The van der Waals surface area contributed by atoms with Crippen LogP contribution in [-0.4, -0.2) is 47.1 Å². The molecular weight excluding hydrogens is 360 g/mol. The fourth-order valence-corrected chi connectivity index (χ4v) is 2.40. The number of aldehydes is 1. The van der Waals surface area contributed by atoms with Crippen LogP contribution in [0.4, 0.5) is 0 Å². The molecule has 3 amide bonds. The van der Waals surface area contributed by atoms with Gasteiger partial charge in [0, 0.05) is 18.0 Å². The van der Waals surface area contributed by atoms with Crippen LogP contribution in [0.3, 0.4) is 0 Å². The van der Waals surface area contributed by atoms with Gasteiger partial charge in [-0.05, 0) is 30.4 Å². The summed E-state index contributed by atoms with van der Waals surface area (Å²) in [5.74, 6) is -1.42. The van der Waals surface area contributed by atoms with Gasteiger partial charge in [-0.3, -0.25) is 19.4 Å². The number of nitrogens with zero attached hydrogens (tertiary/aromatic N) is 1. The molecule has 0 aliphatic carbocycles. The molecule has 1 aromatic heterocycles. The van der Waals surface area contributed by atoms with E-state index in [9.17, 15) is 19.2 Å². The number of rotatable bonds is 8. The Morgan fingerprint density at radius 1 is 0.964 bits per heavy atom. The van der Waals surface area contributed by atoms with E-state index in [4.69, 9.17) is 0 Å². The molecule has 0 aromatic carbocycles. The van der Waals surface area contributed by atoms with Crippen molar-refractivity contribution in [1.29, 1.82) is 0 Å². The molecule has 3 N–H and O–H groups in total. The molecule has 1 aromatic rings. The lowest BCUT2D eigenvalue weighted by molar-refractivity contribution is -0.131. The number of pyridine rings is 1. The molecule has 1 rings (SSSR count). The smallest absolute Gasteiger partial charge is 0.252 e. The van der Waals surface area contributed by atoms with Gasteiger partial charge in [-0.2, -0.15) is 0 Å². The second kappa shape index (κ2) is 9.96. The van der Waals surface area contributed by atoms with Gasteiger partial charge in [0.15, 0.2) is 0 Å². The molecule has 0 saturated heterocycles. The maximum absolute atomic E-state index is 12.8. The normalized spacial score (nSPS) is 14.5. The highest BCUT2D eigenvalue weighted by atomic mass is 16.2. The third-order valence-electron chi connectivity index (χ3n) is 4.27. The van der Waals surface area contributed by atoms with Gasteiger partial charge in [-0.15, -0.1) is 0 Å². The molecule has 28 heavy (non-hydrogen) atoms. The Bertz CT molecular complexity index is 698. The maximum atomic E-state index is 12.8. The molecule has 8 nitrogen and oxygen atoms in total. The van der Waals surface area contributed by atoms with E-state index in [1.54, 1.807) is 12.1 Å². The zero-order valence-corrected chi connectivity index (χ0v) is 17.3. The molecule has 0 radical (unpaired) electrons. The van der Waals surface area contributed by atoms with E-state index in [2.05, 4.69) is 20.9 Å². The Morgan fingerprint density at radius 3 is 2.00 bits per heavy atom. The van der Waals surface area contributed by atoms with Gasteiger partial charge < -0.3 is 20.7 Å². The van der Waals surface area contributed by atoms with E-state index in [-0.39, 0.29) is 5.92 Å². The van der Waals surface area contributed by atoms with Gasteiger partial charge in [0.25, 0.3) is 5.91 Å². The van der Waals surface area contributed by atoms with Crippen molar-refractivity contribution in [2.75, 3.05) is 0 Å². The standard InChI is InChI=1S/C20H30N4O4/c1-12(2)15(11-25)23-17(26)13(3)22-19(28)16(20(4,5)6)24-18(27)14-7-9-21-10-8-14/h7-13,15-16H,1-6H3,(H,22,28)(H,23,26)(H,24,27). The van der Waals surface area contributed by atoms with Gasteiger partial charge in [-0.1, -0.05) is 34.6 Å². The molecule has 0 saturated carbocycles. The highest BCUT2D eigenvalue weighted by Crippen LogP contribution is 2.20. The van der Waals surface area contributed by atoms with Crippen LogP contribution in [0.25, 0.3) is 0 Å². The van der Waals surface area contributed by atoms with Crippen molar-refractivity contribution in [2.24, 2.45) is 11.3 Å². The van der Waals surface area contributed by atoms with Gasteiger partial charge >= 0.3 is 0 Å². The number of hydrogen-bond acceptors (Lipinski definition) is 5. The molecule has 3 unspecified atom stereocenters. The van der Waals surface area contributed by atoms with Crippen LogP contribution in [0.15, 0.2) is 24.5 Å². The highest BCUT2D eigenvalue weighted by Gasteiger charge is 2.34. The monoisotopic (exact) mass is 390 g/mol. The summed E-state index contributed by atoms with van der Waals surface area (Å²) in [6, 6.07) is 0.742. The van der Waals surface area contributed by atoms with E-state index >= 15 is 0 Å². The van der Waals surface area contributed by atoms with Crippen LogP contribution in [0, 0.1) is 11.3 Å². The van der Waals surface area contributed by atoms with Crippen LogP contribution >= 0.6 is 0 Å².